The van der Waals surface area contributed by atoms with Gasteiger partial charge in [-0.3, -0.25) is 9.36 Å². The Balaban J connectivity index is 1.71. The average molecular weight is 371 g/mol. The number of allylic oxidation sites excluding steroid dienone is 1. The molecule has 138 valence electrons. The molecule has 6 heteroatoms. The lowest BCUT2D eigenvalue weighted by molar-refractivity contribution is -0.121. The van der Waals surface area contributed by atoms with Gasteiger partial charge in [0.25, 0.3) is 0 Å². The lowest BCUT2D eigenvalue weighted by Crippen LogP contribution is -2.40. The zero-order chi connectivity index (χ0) is 18.4. The van der Waals surface area contributed by atoms with E-state index in [0.29, 0.717) is 12.6 Å². The maximum atomic E-state index is 12.6. The molecule has 1 aliphatic rings. The molecule has 1 saturated carbocycles. The molecule has 1 aromatic heterocycles. The first-order chi connectivity index (χ1) is 12.7. The summed E-state index contributed by atoms with van der Waals surface area (Å²) in [5.41, 5.74) is 1.01. The maximum absolute atomic E-state index is 12.6. The molecule has 0 saturated heterocycles. The van der Waals surface area contributed by atoms with Crippen LogP contribution >= 0.6 is 11.8 Å². The normalized spacial score (nSPS) is 16.2. The van der Waals surface area contributed by atoms with E-state index < -0.39 is 0 Å². The summed E-state index contributed by atoms with van der Waals surface area (Å²) in [6.45, 7) is 6.37. The van der Waals surface area contributed by atoms with Crippen LogP contribution in [0.3, 0.4) is 0 Å². The van der Waals surface area contributed by atoms with Gasteiger partial charge in [-0.15, -0.1) is 16.8 Å². The van der Waals surface area contributed by atoms with Gasteiger partial charge in [0, 0.05) is 18.2 Å². The van der Waals surface area contributed by atoms with Crippen LogP contribution in [-0.4, -0.2) is 32.0 Å². The number of carbonyl (C=O) groups is 1. The Bertz CT molecular complexity index is 738. The molecule has 0 spiro atoms. The van der Waals surface area contributed by atoms with Crippen molar-refractivity contribution in [3.63, 3.8) is 0 Å². The number of hydrogen-bond donors (Lipinski definition) is 1. The summed E-state index contributed by atoms with van der Waals surface area (Å²) in [7, 11) is 0. The molecule has 1 heterocycles. The topological polar surface area (TPSA) is 59.8 Å². The molecule has 1 aliphatic carbocycles. The van der Waals surface area contributed by atoms with Crippen molar-refractivity contribution in [2.24, 2.45) is 0 Å². The predicted molar refractivity (Wildman–Crippen MR) is 106 cm³/mol. The van der Waals surface area contributed by atoms with E-state index in [4.69, 9.17) is 0 Å². The van der Waals surface area contributed by atoms with Crippen molar-refractivity contribution in [3.05, 3.63) is 43.0 Å². The zero-order valence-electron chi connectivity index (χ0n) is 15.2. The van der Waals surface area contributed by atoms with Gasteiger partial charge in [0.1, 0.15) is 0 Å². The van der Waals surface area contributed by atoms with Gasteiger partial charge in [0.15, 0.2) is 11.0 Å². The largest absolute Gasteiger partial charge is 0.352 e. The highest BCUT2D eigenvalue weighted by molar-refractivity contribution is 8.00. The van der Waals surface area contributed by atoms with Crippen LogP contribution in [0.4, 0.5) is 0 Å². The highest BCUT2D eigenvalue weighted by atomic mass is 32.2. The van der Waals surface area contributed by atoms with Crippen LogP contribution in [0, 0.1) is 0 Å². The average Bonchev–Trinajstić information content (AvgIpc) is 3.06. The minimum atomic E-state index is -0.215. The van der Waals surface area contributed by atoms with E-state index in [0.717, 1.165) is 29.4 Å². The number of thioether (sulfide) groups is 1. The molecule has 0 radical (unpaired) electrons. The van der Waals surface area contributed by atoms with Gasteiger partial charge in [-0.05, 0) is 19.8 Å². The number of hydrogen-bond acceptors (Lipinski definition) is 4. The second kappa shape index (κ2) is 9.03. The first-order valence-corrected chi connectivity index (χ1v) is 10.1. The fourth-order valence-corrected chi connectivity index (χ4v) is 4.11. The van der Waals surface area contributed by atoms with Gasteiger partial charge in [-0.2, -0.15) is 0 Å². The van der Waals surface area contributed by atoms with E-state index in [9.17, 15) is 4.79 Å². The smallest absolute Gasteiger partial charge is 0.233 e. The summed E-state index contributed by atoms with van der Waals surface area (Å²) >= 11 is 1.45. The van der Waals surface area contributed by atoms with Gasteiger partial charge >= 0.3 is 0 Å². The Morgan fingerprint density at radius 1 is 1.31 bits per heavy atom. The van der Waals surface area contributed by atoms with Crippen LogP contribution in [0.15, 0.2) is 48.1 Å². The fraction of sp³-hybridized carbons (Fsp3) is 0.450. The van der Waals surface area contributed by atoms with E-state index in [2.05, 4.69) is 22.1 Å². The monoisotopic (exact) mass is 370 g/mol. The first kappa shape index (κ1) is 18.7. The number of carbonyl (C=O) groups excluding carboxylic acids is 1. The molecule has 0 unspecified atom stereocenters. The van der Waals surface area contributed by atoms with Crippen LogP contribution in [-0.2, 0) is 11.3 Å². The van der Waals surface area contributed by atoms with Gasteiger partial charge in [-0.1, -0.05) is 67.4 Å². The van der Waals surface area contributed by atoms with Crippen molar-refractivity contribution in [1.82, 2.24) is 20.1 Å². The minimum Gasteiger partial charge on any atom is -0.352 e. The van der Waals surface area contributed by atoms with Crippen molar-refractivity contribution in [2.45, 2.75) is 62.0 Å². The zero-order valence-corrected chi connectivity index (χ0v) is 16.0. The molecule has 5 nitrogen and oxygen atoms in total. The molecule has 26 heavy (non-hydrogen) atoms. The van der Waals surface area contributed by atoms with E-state index >= 15 is 0 Å². The van der Waals surface area contributed by atoms with Crippen LogP contribution in [0.25, 0.3) is 11.4 Å². The molecule has 1 aromatic carbocycles. The van der Waals surface area contributed by atoms with Crippen molar-refractivity contribution < 1.29 is 4.79 Å². The van der Waals surface area contributed by atoms with Crippen molar-refractivity contribution in [2.75, 3.05) is 0 Å². The van der Waals surface area contributed by atoms with Crippen LogP contribution in [0.5, 0.6) is 0 Å². The molecular formula is C20H26N4OS. The van der Waals surface area contributed by atoms with Crippen LogP contribution in [0.2, 0.25) is 0 Å². The third kappa shape index (κ3) is 4.55. The van der Waals surface area contributed by atoms with Gasteiger partial charge in [-0.25, -0.2) is 0 Å². The Labute approximate surface area is 159 Å². The third-order valence-corrected chi connectivity index (χ3v) is 5.74. The lowest BCUT2D eigenvalue weighted by atomic mass is 9.95. The Morgan fingerprint density at radius 3 is 2.73 bits per heavy atom. The minimum absolute atomic E-state index is 0.0799. The highest BCUT2D eigenvalue weighted by Gasteiger charge is 2.23. The van der Waals surface area contributed by atoms with E-state index in [1.165, 1.54) is 31.0 Å². The van der Waals surface area contributed by atoms with Crippen LogP contribution in [0.1, 0.15) is 39.0 Å². The van der Waals surface area contributed by atoms with Gasteiger partial charge in [0.05, 0.1) is 5.25 Å². The highest BCUT2D eigenvalue weighted by Crippen LogP contribution is 2.27. The molecule has 2 aromatic rings. The summed E-state index contributed by atoms with van der Waals surface area (Å²) in [4.78, 5) is 12.6. The molecule has 3 rings (SSSR count). The Kier molecular flexibility index (Phi) is 6.50. The lowest BCUT2D eigenvalue weighted by Gasteiger charge is -2.24. The number of benzene rings is 1. The van der Waals surface area contributed by atoms with Crippen molar-refractivity contribution in [1.29, 1.82) is 0 Å². The van der Waals surface area contributed by atoms with Crippen LogP contribution < -0.4 is 5.32 Å². The number of amides is 1. The molecule has 0 aliphatic heterocycles. The number of aromatic nitrogens is 3. The van der Waals surface area contributed by atoms with Gasteiger partial charge in [0.2, 0.25) is 5.91 Å². The van der Waals surface area contributed by atoms with Gasteiger partial charge < -0.3 is 5.32 Å². The van der Waals surface area contributed by atoms with Crippen molar-refractivity contribution in [3.8, 4) is 11.4 Å². The molecule has 1 fully saturated rings. The molecule has 1 atom stereocenters. The summed E-state index contributed by atoms with van der Waals surface area (Å²) in [6.07, 6.45) is 7.71. The summed E-state index contributed by atoms with van der Waals surface area (Å²) in [5.74, 6) is 0.879. The maximum Gasteiger partial charge on any atom is 0.233 e. The van der Waals surface area contributed by atoms with Crippen molar-refractivity contribution >= 4 is 17.7 Å². The Morgan fingerprint density at radius 2 is 2.04 bits per heavy atom. The van der Waals surface area contributed by atoms with E-state index in [-0.39, 0.29) is 11.2 Å². The molecular weight excluding hydrogens is 344 g/mol. The second-order valence-electron chi connectivity index (χ2n) is 6.68. The van der Waals surface area contributed by atoms with E-state index in [1.807, 2.05) is 47.9 Å². The summed E-state index contributed by atoms with van der Waals surface area (Å²) < 4.78 is 2.01. The van der Waals surface area contributed by atoms with E-state index in [1.54, 1.807) is 0 Å². The number of nitrogens with one attached hydrogen (secondary N) is 1. The standard InChI is InChI=1S/C20H26N4OS/c1-3-14-24-18(16-10-6-4-7-11-16)22-23-20(24)26-15(2)19(25)21-17-12-8-5-9-13-17/h3-4,6-7,10-11,15,17H,1,5,8-9,12-14H2,2H3,(H,21,25)/t15-/m1/s1. The third-order valence-electron chi connectivity index (χ3n) is 4.66. The first-order valence-electron chi connectivity index (χ1n) is 9.25. The molecule has 0 bridgehead atoms. The quantitative estimate of drug-likeness (QED) is 0.590. The second-order valence-corrected chi connectivity index (χ2v) is 7.98. The summed E-state index contributed by atoms with van der Waals surface area (Å²) in [5, 5.41) is 12.4. The predicted octanol–water partition coefficient (Wildman–Crippen LogP) is 4.06. The SMILES string of the molecule is C=CCn1c(S[C@H](C)C(=O)NC2CCCCC2)nnc1-c1ccccc1. The molecule has 1 amide bonds. The number of nitrogens with zero attached hydrogens (tertiary/aromatic N) is 3. The Hall–Kier alpha value is -2.08. The fourth-order valence-electron chi connectivity index (χ4n) is 3.25. The summed E-state index contributed by atoms with van der Waals surface area (Å²) in [6, 6.07) is 10.3. The number of rotatable bonds is 7. The molecule has 1 N–H and O–H groups in total.